The van der Waals surface area contributed by atoms with Gasteiger partial charge in [0, 0.05) is 25.3 Å². The van der Waals surface area contributed by atoms with E-state index in [1.807, 2.05) is 0 Å². The predicted octanol–water partition coefficient (Wildman–Crippen LogP) is 1.92. The highest BCUT2D eigenvalue weighted by Crippen LogP contribution is 2.34. The van der Waals surface area contributed by atoms with E-state index < -0.39 is 0 Å². The first-order valence-corrected chi connectivity index (χ1v) is 5.66. The highest BCUT2D eigenvalue weighted by atomic mass is 15.2. The van der Waals surface area contributed by atoms with E-state index >= 15 is 0 Å². The molecular weight excluding hydrogens is 184 g/mol. The lowest BCUT2D eigenvalue weighted by atomic mass is 10.0. The lowest BCUT2D eigenvalue weighted by Crippen LogP contribution is -2.40. The van der Waals surface area contributed by atoms with E-state index in [9.17, 15) is 0 Å². The molecule has 1 unspecified atom stereocenters. The van der Waals surface area contributed by atoms with E-state index in [0.29, 0.717) is 6.04 Å². The molecule has 2 aliphatic rings. The minimum atomic E-state index is 0.586. The smallest absolute Gasteiger partial charge is 0.0575 e. The summed E-state index contributed by atoms with van der Waals surface area (Å²) in [5.41, 5.74) is 2.93. The number of hydrogen-bond donors (Lipinski definition) is 1. The lowest BCUT2D eigenvalue weighted by Gasteiger charge is -2.34. The number of rotatable bonds is 1. The number of nitrogens with one attached hydrogen (secondary N) is 1. The Morgan fingerprint density at radius 1 is 1.20 bits per heavy atom. The molecule has 0 spiro atoms. The second kappa shape index (κ2) is 3.70. The van der Waals surface area contributed by atoms with Gasteiger partial charge in [-0.1, -0.05) is 36.4 Å². The molecule has 1 atom stereocenters. The molecule has 1 aromatic carbocycles. The van der Waals surface area contributed by atoms with E-state index in [-0.39, 0.29) is 0 Å². The quantitative estimate of drug-likeness (QED) is 0.745. The van der Waals surface area contributed by atoms with E-state index in [0.717, 1.165) is 19.6 Å². The first kappa shape index (κ1) is 8.98. The molecule has 0 radical (unpaired) electrons. The standard InChI is InChI=1S/C13H16N2/c1-2-4-11(5-3-1)13-7-6-12-10-14-8-9-15(12)13/h1-6,13-14H,7-10H2. The molecule has 15 heavy (non-hydrogen) atoms. The van der Waals surface area contributed by atoms with Gasteiger partial charge in [-0.25, -0.2) is 0 Å². The van der Waals surface area contributed by atoms with E-state index in [2.05, 4.69) is 46.6 Å². The Labute approximate surface area is 90.6 Å². The van der Waals surface area contributed by atoms with Gasteiger partial charge in [-0.15, -0.1) is 0 Å². The van der Waals surface area contributed by atoms with Crippen LogP contribution in [-0.2, 0) is 0 Å². The molecule has 2 heteroatoms. The maximum Gasteiger partial charge on any atom is 0.0575 e. The maximum atomic E-state index is 3.42. The van der Waals surface area contributed by atoms with Crippen LogP contribution in [-0.4, -0.2) is 24.5 Å². The summed E-state index contributed by atoms with van der Waals surface area (Å²) >= 11 is 0. The van der Waals surface area contributed by atoms with Crippen molar-refractivity contribution in [3.8, 4) is 0 Å². The van der Waals surface area contributed by atoms with Gasteiger partial charge in [-0.05, 0) is 12.0 Å². The molecule has 1 aromatic rings. The van der Waals surface area contributed by atoms with Crippen LogP contribution in [0.2, 0.25) is 0 Å². The number of fused-ring (bicyclic) bond motifs is 1. The van der Waals surface area contributed by atoms with Crippen molar-refractivity contribution in [2.45, 2.75) is 12.5 Å². The molecule has 1 N–H and O–H groups in total. The molecule has 78 valence electrons. The molecule has 2 heterocycles. The van der Waals surface area contributed by atoms with E-state index in [4.69, 9.17) is 0 Å². The van der Waals surface area contributed by atoms with Gasteiger partial charge < -0.3 is 10.2 Å². The summed E-state index contributed by atoms with van der Waals surface area (Å²) in [7, 11) is 0. The first-order chi connectivity index (χ1) is 7.45. The third kappa shape index (κ3) is 1.55. The van der Waals surface area contributed by atoms with Crippen molar-refractivity contribution >= 4 is 0 Å². The highest BCUT2D eigenvalue weighted by Gasteiger charge is 2.28. The van der Waals surface area contributed by atoms with Crippen LogP contribution < -0.4 is 5.32 Å². The van der Waals surface area contributed by atoms with Crippen molar-refractivity contribution < 1.29 is 0 Å². The van der Waals surface area contributed by atoms with Crippen LogP contribution in [0.3, 0.4) is 0 Å². The summed E-state index contributed by atoms with van der Waals surface area (Å²) in [5.74, 6) is 0. The zero-order valence-corrected chi connectivity index (χ0v) is 8.82. The Hall–Kier alpha value is -1.28. The molecular formula is C13H16N2. The van der Waals surface area contributed by atoms with Gasteiger partial charge in [0.1, 0.15) is 0 Å². The van der Waals surface area contributed by atoms with Gasteiger partial charge in [0.2, 0.25) is 0 Å². The molecule has 3 rings (SSSR count). The SMILES string of the molecule is C1=C2CNCCN2C(c2ccccc2)C1. The zero-order chi connectivity index (χ0) is 10.1. The highest BCUT2D eigenvalue weighted by molar-refractivity contribution is 5.26. The van der Waals surface area contributed by atoms with Crippen molar-refractivity contribution in [3.63, 3.8) is 0 Å². The third-order valence-corrected chi connectivity index (χ3v) is 3.34. The van der Waals surface area contributed by atoms with Crippen molar-refractivity contribution in [1.82, 2.24) is 10.2 Å². The average molecular weight is 200 g/mol. The van der Waals surface area contributed by atoms with Crippen LogP contribution in [0.5, 0.6) is 0 Å². The first-order valence-electron chi connectivity index (χ1n) is 5.66. The Bertz CT molecular complexity index is 369. The van der Waals surface area contributed by atoms with Crippen LogP contribution >= 0.6 is 0 Å². The summed E-state index contributed by atoms with van der Waals surface area (Å²) in [6.45, 7) is 3.30. The van der Waals surface area contributed by atoms with E-state index in [1.54, 1.807) is 0 Å². The van der Waals surface area contributed by atoms with Crippen molar-refractivity contribution in [1.29, 1.82) is 0 Å². The molecule has 0 aliphatic carbocycles. The number of nitrogens with zero attached hydrogens (tertiary/aromatic N) is 1. The maximum absolute atomic E-state index is 3.42. The topological polar surface area (TPSA) is 15.3 Å². The Kier molecular flexibility index (Phi) is 2.22. The molecule has 1 fully saturated rings. The van der Waals surface area contributed by atoms with Gasteiger partial charge >= 0.3 is 0 Å². The van der Waals surface area contributed by atoms with Crippen LogP contribution in [0.25, 0.3) is 0 Å². The molecule has 0 amide bonds. The van der Waals surface area contributed by atoms with Gasteiger partial charge in [0.15, 0.2) is 0 Å². The Balaban J connectivity index is 1.85. The Morgan fingerprint density at radius 3 is 2.93 bits per heavy atom. The molecule has 2 nitrogen and oxygen atoms in total. The van der Waals surface area contributed by atoms with Crippen molar-refractivity contribution in [2.75, 3.05) is 19.6 Å². The molecule has 0 bridgehead atoms. The summed E-state index contributed by atoms with van der Waals surface area (Å²) in [5, 5.41) is 3.42. The molecule has 1 saturated heterocycles. The third-order valence-electron chi connectivity index (χ3n) is 3.34. The number of piperazine rings is 1. The van der Waals surface area contributed by atoms with Gasteiger partial charge in [0.25, 0.3) is 0 Å². The molecule has 0 saturated carbocycles. The van der Waals surface area contributed by atoms with Crippen molar-refractivity contribution in [2.24, 2.45) is 0 Å². The summed E-state index contributed by atoms with van der Waals surface area (Å²) < 4.78 is 0. The minimum Gasteiger partial charge on any atom is -0.365 e. The second-order valence-electron chi connectivity index (χ2n) is 4.23. The summed E-state index contributed by atoms with van der Waals surface area (Å²) in [4.78, 5) is 2.55. The lowest BCUT2D eigenvalue weighted by molar-refractivity contribution is 0.252. The summed E-state index contributed by atoms with van der Waals surface area (Å²) in [6.07, 6.45) is 3.55. The zero-order valence-electron chi connectivity index (χ0n) is 8.82. The van der Waals surface area contributed by atoms with Crippen molar-refractivity contribution in [3.05, 3.63) is 47.7 Å². The van der Waals surface area contributed by atoms with Gasteiger partial charge in [-0.3, -0.25) is 0 Å². The average Bonchev–Trinajstić information content (AvgIpc) is 2.74. The monoisotopic (exact) mass is 200 g/mol. The normalized spacial score (nSPS) is 24.9. The minimum absolute atomic E-state index is 0.586. The second-order valence-corrected chi connectivity index (χ2v) is 4.23. The summed E-state index contributed by atoms with van der Waals surface area (Å²) in [6, 6.07) is 11.4. The van der Waals surface area contributed by atoms with Crippen LogP contribution in [0, 0.1) is 0 Å². The largest absolute Gasteiger partial charge is 0.365 e. The van der Waals surface area contributed by atoms with Crippen LogP contribution in [0.4, 0.5) is 0 Å². The number of hydrogen-bond acceptors (Lipinski definition) is 2. The Morgan fingerprint density at radius 2 is 2.07 bits per heavy atom. The van der Waals surface area contributed by atoms with Gasteiger partial charge in [0.05, 0.1) is 6.04 Å². The fourth-order valence-electron chi connectivity index (χ4n) is 2.57. The molecule has 0 aromatic heterocycles. The number of benzene rings is 1. The van der Waals surface area contributed by atoms with E-state index in [1.165, 1.54) is 17.7 Å². The molecule has 2 aliphatic heterocycles. The van der Waals surface area contributed by atoms with Crippen LogP contribution in [0.15, 0.2) is 42.1 Å². The van der Waals surface area contributed by atoms with Crippen LogP contribution in [0.1, 0.15) is 18.0 Å². The predicted molar refractivity (Wildman–Crippen MR) is 61.5 cm³/mol. The van der Waals surface area contributed by atoms with Gasteiger partial charge in [-0.2, -0.15) is 0 Å². The fraction of sp³-hybridized carbons (Fsp3) is 0.385. The fourth-order valence-corrected chi connectivity index (χ4v) is 2.57.